The van der Waals surface area contributed by atoms with Gasteiger partial charge in [0.15, 0.2) is 5.66 Å². The number of benzene rings is 3. The third kappa shape index (κ3) is 2.79. The minimum Gasteiger partial charge on any atom is -0.336 e. The maximum absolute atomic E-state index is 13.7. The number of amides is 1. The molecule has 1 saturated carbocycles. The lowest BCUT2D eigenvalue weighted by molar-refractivity contribution is -0.127. The molecule has 2 aliphatic rings. The first-order valence-electron chi connectivity index (χ1n) is 10.2. The second-order valence-electron chi connectivity index (χ2n) is 7.80. The predicted octanol–water partition coefficient (Wildman–Crippen LogP) is 3.74. The highest BCUT2D eigenvalue weighted by atomic mass is 31.2. The van der Waals surface area contributed by atoms with Crippen LogP contribution in [0.1, 0.15) is 19.3 Å². The lowest BCUT2D eigenvalue weighted by atomic mass is 10.3. The average Bonchev–Trinajstić information content (AvgIpc) is 3.54. The molecule has 1 aliphatic carbocycles. The van der Waals surface area contributed by atoms with Crippen LogP contribution in [0.2, 0.25) is 0 Å². The van der Waals surface area contributed by atoms with Crippen LogP contribution >= 0.6 is 7.26 Å². The fraction of sp³-hybridized carbons (Fsp3) is 0.240. The number of carbonyl (C=O) groups excluding carboxylic acids is 1. The quantitative estimate of drug-likeness (QED) is 0.612. The summed E-state index contributed by atoms with van der Waals surface area (Å²) in [7, 11) is -2.10. The van der Waals surface area contributed by atoms with Crippen molar-refractivity contribution in [1.29, 1.82) is 0 Å². The molecule has 140 valence electrons. The molecule has 3 aromatic carbocycles. The fourth-order valence-electron chi connectivity index (χ4n) is 4.77. The van der Waals surface area contributed by atoms with Crippen molar-refractivity contribution in [3.8, 4) is 0 Å². The normalized spacial score (nSPS) is 19.8. The Hall–Kier alpha value is -2.44. The monoisotopic (exact) mass is 386 g/mol. The standard InChI is InChI=1S/C25H25NOP/c27-25-24(18-19-26(25)20-16-17-20)28(21-10-4-1-5-11-21,22-12-6-2-7-13-22)23-14-8-3-9-15-23/h1-15,20,24H,16-19H2/q+1/t24-/m1/s1. The molecule has 0 bridgehead atoms. The van der Waals surface area contributed by atoms with Crippen molar-refractivity contribution in [1.82, 2.24) is 4.90 Å². The van der Waals surface area contributed by atoms with E-state index in [4.69, 9.17) is 0 Å². The summed E-state index contributed by atoms with van der Waals surface area (Å²) >= 11 is 0. The van der Waals surface area contributed by atoms with Crippen molar-refractivity contribution in [2.75, 3.05) is 6.54 Å². The van der Waals surface area contributed by atoms with Crippen LogP contribution in [0.25, 0.3) is 0 Å². The van der Waals surface area contributed by atoms with Gasteiger partial charge in [-0.15, -0.1) is 0 Å². The molecule has 0 aromatic heterocycles. The molecule has 1 aliphatic heterocycles. The van der Waals surface area contributed by atoms with Gasteiger partial charge in [-0.1, -0.05) is 54.6 Å². The van der Waals surface area contributed by atoms with Crippen LogP contribution in [0.5, 0.6) is 0 Å². The summed E-state index contributed by atoms with van der Waals surface area (Å²) in [6.07, 6.45) is 3.29. The zero-order valence-corrected chi connectivity index (χ0v) is 16.8. The van der Waals surface area contributed by atoms with Gasteiger partial charge in [0, 0.05) is 19.0 Å². The van der Waals surface area contributed by atoms with Crippen LogP contribution in [-0.4, -0.2) is 29.1 Å². The lowest BCUT2D eigenvalue weighted by Crippen LogP contribution is -2.43. The van der Waals surface area contributed by atoms with E-state index in [1.54, 1.807) is 0 Å². The molecule has 2 fully saturated rings. The Morgan fingerprint density at radius 3 is 1.46 bits per heavy atom. The van der Waals surface area contributed by atoms with E-state index in [2.05, 4.69) is 95.9 Å². The summed E-state index contributed by atoms with van der Waals surface area (Å²) < 4.78 is 0. The molecule has 1 amide bonds. The van der Waals surface area contributed by atoms with E-state index in [1.807, 2.05) is 0 Å². The summed E-state index contributed by atoms with van der Waals surface area (Å²) in [4.78, 5) is 15.9. The summed E-state index contributed by atoms with van der Waals surface area (Å²) in [6.45, 7) is 0.905. The molecule has 1 saturated heterocycles. The van der Waals surface area contributed by atoms with E-state index in [0.717, 1.165) is 13.0 Å². The third-order valence-electron chi connectivity index (χ3n) is 6.16. The van der Waals surface area contributed by atoms with Gasteiger partial charge >= 0.3 is 0 Å². The molecular weight excluding hydrogens is 361 g/mol. The van der Waals surface area contributed by atoms with E-state index in [-0.39, 0.29) is 5.66 Å². The molecule has 0 N–H and O–H groups in total. The van der Waals surface area contributed by atoms with Gasteiger partial charge in [0.2, 0.25) is 0 Å². The molecule has 0 unspecified atom stereocenters. The number of carbonyl (C=O) groups is 1. The highest BCUT2D eigenvalue weighted by molar-refractivity contribution is 7.96. The van der Waals surface area contributed by atoms with Gasteiger partial charge < -0.3 is 4.90 Å². The number of hydrogen-bond acceptors (Lipinski definition) is 1. The average molecular weight is 386 g/mol. The zero-order valence-electron chi connectivity index (χ0n) is 15.9. The first kappa shape index (κ1) is 17.6. The Balaban J connectivity index is 1.77. The third-order valence-corrected chi connectivity index (χ3v) is 10.9. The van der Waals surface area contributed by atoms with Crippen molar-refractivity contribution in [2.45, 2.75) is 31.0 Å². The first-order valence-corrected chi connectivity index (χ1v) is 12.0. The molecular formula is C25H25NOP+. The maximum atomic E-state index is 13.7. The first-order chi connectivity index (χ1) is 13.8. The van der Waals surface area contributed by atoms with Gasteiger partial charge in [0.1, 0.15) is 23.2 Å². The number of rotatable bonds is 5. The number of nitrogens with zero attached hydrogens (tertiary/aromatic N) is 1. The molecule has 2 nitrogen and oxygen atoms in total. The van der Waals surface area contributed by atoms with Crippen LogP contribution in [0, 0.1) is 0 Å². The van der Waals surface area contributed by atoms with Crippen molar-refractivity contribution >= 4 is 29.1 Å². The molecule has 1 atom stereocenters. The molecule has 3 aromatic rings. The Bertz CT molecular complexity index is 857. The van der Waals surface area contributed by atoms with Crippen LogP contribution in [-0.2, 0) is 4.79 Å². The Morgan fingerprint density at radius 1 is 0.643 bits per heavy atom. The van der Waals surface area contributed by atoms with Crippen molar-refractivity contribution in [3.05, 3.63) is 91.0 Å². The summed E-state index contributed by atoms with van der Waals surface area (Å²) in [5.74, 6) is 0.368. The van der Waals surface area contributed by atoms with Gasteiger partial charge in [-0.3, -0.25) is 4.79 Å². The maximum Gasteiger partial charge on any atom is 0.264 e. The van der Waals surface area contributed by atoms with E-state index >= 15 is 0 Å². The second kappa shape index (κ2) is 7.18. The van der Waals surface area contributed by atoms with E-state index in [9.17, 15) is 4.79 Å². The van der Waals surface area contributed by atoms with Crippen LogP contribution in [0.4, 0.5) is 0 Å². The minimum absolute atomic E-state index is 0.0281. The number of likely N-dealkylation sites (tertiary alicyclic amines) is 1. The largest absolute Gasteiger partial charge is 0.336 e. The molecule has 5 rings (SSSR count). The zero-order chi connectivity index (χ0) is 19.0. The van der Waals surface area contributed by atoms with Crippen molar-refractivity contribution < 1.29 is 4.79 Å². The van der Waals surface area contributed by atoms with Gasteiger partial charge in [-0.2, -0.15) is 0 Å². The topological polar surface area (TPSA) is 20.3 Å². The van der Waals surface area contributed by atoms with Gasteiger partial charge in [-0.25, -0.2) is 0 Å². The fourth-order valence-corrected chi connectivity index (χ4v) is 9.65. The Kier molecular flexibility index (Phi) is 4.53. The Morgan fingerprint density at radius 2 is 1.07 bits per heavy atom. The van der Waals surface area contributed by atoms with Gasteiger partial charge in [-0.05, 0) is 49.2 Å². The SMILES string of the molecule is O=C1[C@H]([P+](c2ccccc2)(c2ccccc2)c2ccccc2)CCN1C1CC1. The van der Waals surface area contributed by atoms with E-state index in [1.165, 1.54) is 28.8 Å². The number of hydrogen-bond donors (Lipinski definition) is 0. The van der Waals surface area contributed by atoms with E-state index < -0.39 is 7.26 Å². The van der Waals surface area contributed by atoms with Crippen LogP contribution < -0.4 is 15.9 Å². The molecule has 28 heavy (non-hydrogen) atoms. The van der Waals surface area contributed by atoms with Gasteiger partial charge in [0.05, 0.1) is 0 Å². The smallest absolute Gasteiger partial charge is 0.264 e. The molecule has 1 heterocycles. The summed E-state index contributed by atoms with van der Waals surface area (Å²) in [5.41, 5.74) is 0.0281. The highest BCUT2D eigenvalue weighted by Crippen LogP contribution is 2.62. The van der Waals surface area contributed by atoms with Crippen LogP contribution in [0.3, 0.4) is 0 Å². The van der Waals surface area contributed by atoms with Crippen molar-refractivity contribution in [3.63, 3.8) is 0 Å². The molecule has 0 radical (unpaired) electrons. The van der Waals surface area contributed by atoms with E-state index in [0.29, 0.717) is 11.9 Å². The summed E-state index contributed by atoms with van der Waals surface area (Å²) in [6, 6.07) is 32.8. The Labute approximate surface area is 167 Å². The minimum atomic E-state index is -2.10. The molecule has 0 spiro atoms. The summed E-state index contributed by atoms with van der Waals surface area (Å²) in [5, 5.41) is 3.93. The molecule has 3 heteroatoms. The second-order valence-corrected chi connectivity index (χ2v) is 11.4. The van der Waals surface area contributed by atoms with Crippen LogP contribution in [0.15, 0.2) is 91.0 Å². The lowest BCUT2D eigenvalue weighted by Gasteiger charge is -2.32. The highest BCUT2D eigenvalue weighted by Gasteiger charge is 2.59. The van der Waals surface area contributed by atoms with Crippen molar-refractivity contribution in [2.24, 2.45) is 0 Å². The predicted molar refractivity (Wildman–Crippen MR) is 118 cm³/mol. The van der Waals surface area contributed by atoms with Gasteiger partial charge in [0.25, 0.3) is 5.91 Å².